The number of ether oxygens (including phenoxy) is 2. The summed E-state index contributed by atoms with van der Waals surface area (Å²) >= 11 is 0. The second-order valence-corrected chi connectivity index (χ2v) is 6.26. The number of aliphatic imine (C=N–C) groups is 1. The lowest BCUT2D eigenvalue weighted by molar-refractivity contribution is 0.110. The zero-order chi connectivity index (χ0) is 20.2. The van der Waals surface area contributed by atoms with Crippen LogP contribution >= 0.6 is 24.0 Å². The summed E-state index contributed by atoms with van der Waals surface area (Å²) in [5.74, 6) is 1.95. The van der Waals surface area contributed by atoms with Crippen molar-refractivity contribution in [1.82, 2.24) is 10.6 Å². The number of nitrogens with zero attached hydrogens (tertiary/aromatic N) is 1. The van der Waals surface area contributed by atoms with E-state index >= 15 is 0 Å². The lowest BCUT2D eigenvalue weighted by atomic mass is 10.1. The van der Waals surface area contributed by atoms with E-state index in [2.05, 4.69) is 15.6 Å². The highest BCUT2D eigenvalue weighted by molar-refractivity contribution is 14.0. The molecule has 0 spiro atoms. The Morgan fingerprint density at radius 3 is 2.72 bits per heavy atom. The van der Waals surface area contributed by atoms with Crippen LogP contribution in [0.2, 0.25) is 0 Å². The maximum absolute atomic E-state index is 10.2. The number of hydrogen-bond acceptors (Lipinski definition) is 5. The molecule has 0 radical (unpaired) electrons. The van der Waals surface area contributed by atoms with Crippen LogP contribution in [0.15, 0.2) is 46.0 Å². The molecule has 162 valence electrons. The summed E-state index contributed by atoms with van der Waals surface area (Å²) in [6.45, 7) is 9.19. The van der Waals surface area contributed by atoms with Gasteiger partial charge in [-0.25, -0.2) is 4.99 Å². The first-order chi connectivity index (χ1) is 13.6. The van der Waals surface area contributed by atoms with Gasteiger partial charge in [-0.2, -0.15) is 0 Å². The predicted octanol–water partition coefficient (Wildman–Crippen LogP) is 3.41. The molecule has 1 aromatic carbocycles. The topological polar surface area (TPSA) is 88.3 Å². The van der Waals surface area contributed by atoms with Crippen molar-refractivity contribution in [3.05, 3.63) is 53.5 Å². The standard InChI is InChI=1S/C21H31N3O4.HI/c1-4-22-21(24-15-18(25)19-7-6-10-27-19)23-14-17-9-8-16(3)13-20(17)28-12-11-26-5-2;/h6-10,13,18,25H,4-5,11-12,14-15H2,1-3H3,(H2,22,23,24);1H. The molecule has 0 bridgehead atoms. The van der Waals surface area contributed by atoms with Gasteiger partial charge < -0.3 is 29.6 Å². The van der Waals surface area contributed by atoms with Crippen molar-refractivity contribution in [2.75, 3.05) is 32.9 Å². The van der Waals surface area contributed by atoms with E-state index in [1.807, 2.05) is 39.0 Å². The van der Waals surface area contributed by atoms with Crippen molar-refractivity contribution in [2.24, 2.45) is 4.99 Å². The van der Waals surface area contributed by atoms with Crippen molar-refractivity contribution in [3.8, 4) is 5.75 Å². The molecule has 0 aliphatic carbocycles. The minimum Gasteiger partial charge on any atom is -0.491 e. The van der Waals surface area contributed by atoms with E-state index in [1.54, 1.807) is 18.4 Å². The Bertz CT molecular complexity index is 723. The van der Waals surface area contributed by atoms with E-state index in [1.165, 1.54) is 0 Å². The summed E-state index contributed by atoms with van der Waals surface area (Å²) in [5.41, 5.74) is 2.12. The average molecular weight is 517 g/mol. The van der Waals surface area contributed by atoms with Crippen LogP contribution in [0.5, 0.6) is 5.75 Å². The number of rotatable bonds is 11. The van der Waals surface area contributed by atoms with E-state index < -0.39 is 6.10 Å². The molecule has 0 saturated carbocycles. The monoisotopic (exact) mass is 517 g/mol. The van der Waals surface area contributed by atoms with E-state index in [9.17, 15) is 5.11 Å². The number of aryl methyl sites for hydroxylation is 1. The fourth-order valence-electron chi connectivity index (χ4n) is 2.56. The molecule has 2 rings (SSSR count). The Morgan fingerprint density at radius 2 is 2.03 bits per heavy atom. The Labute approximate surface area is 189 Å². The van der Waals surface area contributed by atoms with Crippen molar-refractivity contribution in [2.45, 2.75) is 33.4 Å². The first-order valence-corrected chi connectivity index (χ1v) is 9.67. The van der Waals surface area contributed by atoms with Gasteiger partial charge in [0.15, 0.2) is 5.96 Å². The molecular formula is C21H32IN3O4. The predicted molar refractivity (Wildman–Crippen MR) is 125 cm³/mol. The van der Waals surface area contributed by atoms with E-state index in [0.717, 1.165) is 16.9 Å². The quantitative estimate of drug-likeness (QED) is 0.183. The number of halogens is 1. The number of hydrogen-bond donors (Lipinski definition) is 3. The SMILES string of the molecule is CCNC(=NCc1ccc(C)cc1OCCOCC)NCC(O)c1ccco1.I. The molecule has 2 aromatic rings. The number of furan rings is 1. The number of benzene rings is 1. The molecular weight excluding hydrogens is 485 g/mol. The summed E-state index contributed by atoms with van der Waals surface area (Å²) in [6, 6.07) is 9.58. The van der Waals surface area contributed by atoms with Crippen molar-refractivity contribution >= 4 is 29.9 Å². The van der Waals surface area contributed by atoms with Crippen LogP contribution in [0.4, 0.5) is 0 Å². The van der Waals surface area contributed by atoms with Crippen LogP contribution in [0.25, 0.3) is 0 Å². The van der Waals surface area contributed by atoms with Crippen molar-refractivity contribution in [3.63, 3.8) is 0 Å². The molecule has 8 heteroatoms. The van der Waals surface area contributed by atoms with Gasteiger partial charge in [-0.15, -0.1) is 24.0 Å². The van der Waals surface area contributed by atoms with Crippen LogP contribution < -0.4 is 15.4 Å². The van der Waals surface area contributed by atoms with Gasteiger partial charge in [0.05, 0.1) is 26.0 Å². The number of guanidine groups is 1. The third-order valence-corrected chi connectivity index (χ3v) is 4.00. The van der Waals surface area contributed by atoms with Crippen LogP contribution in [-0.2, 0) is 11.3 Å². The molecule has 1 aromatic heterocycles. The first kappa shape index (κ1) is 25.3. The summed E-state index contributed by atoms with van der Waals surface area (Å²) < 4.78 is 16.4. The van der Waals surface area contributed by atoms with Crippen LogP contribution in [0, 0.1) is 6.92 Å². The van der Waals surface area contributed by atoms with Gasteiger partial charge in [0.1, 0.15) is 24.2 Å². The molecule has 29 heavy (non-hydrogen) atoms. The molecule has 0 amide bonds. The Morgan fingerprint density at radius 1 is 1.21 bits per heavy atom. The molecule has 7 nitrogen and oxygen atoms in total. The molecule has 0 aliphatic rings. The van der Waals surface area contributed by atoms with E-state index in [-0.39, 0.29) is 24.0 Å². The smallest absolute Gasteiger partial charge is 0.191 e. The first-order valence-electron chi connectivity index (χ1n) is 9.67. The van der Waals surface area contributed by atoms with Gasteiger partial charge >= 0.3 is 0 Å². The van der Waals surface area contributed by atoms with E-state index in [0.29, 0.717) is 51.2 Å². The molecule has 1 heterocycles. The number of nitrogens with one attached hydrogen (secondary N) is 2. The minimum absolute atomic E-state index is 0. The lowest BCUT2D eigenvalue weighted by Crippen LogP contribution is -2.39. The Kier molecular flexibility index (Phi) is 12.4. The minimum atomic E-state index is -0.740. The van der Waals surface area contributed by atoms with Gasteiger partial charge in [-0.1, -0.05) is 12.1 Å². The molecule has 0 fully saturated rings. The molecule has 1 unspecified atom stereocenters. The van der Waals surface area contributed by atoms with Gasteiger partial charge in [-0.05, 0) is 44.5 Å². The van der Waals surface area contributed by atoms with Gasteiger partial charge in [0.25, 0.3) is 0 Å². The van der Waals surface area contributed by atoms with Crippen molar-refractivity contribution in [1.29, 1.82) is 0 Å². The van der Waals surface area contributed by atoms with E-state index in [4.69, 9.17) is 13.9 Å². The fourth-order valence-corrected chi connectivity index (χ4v) is 2.56. The third-order valence-electron chi connectivity index (χ3n) is 4.00. The maximum atomic E-state index is 10.2. The highest BCUT2D eigenvalue weighted by Gasteiger charge is 2.11. The fraction of sp³-hybridized carbons (Fsp3) is 0.476. The number of aliphatic hydroxyl groups is 1. The lowest BCUT2D eigenvalue weighted by Gasteiger charge is -2.15. The largest absolute Gasteiger partial charge is 0.491 e. The maximum Gasteiger partial charge on any atom is 0.191 e. The average Bonchev–Trinajstić information content (AvgIpc) is 3.23. The second-order valence-electron chi connectivity index (χ2n) is 6.26. The highest BCUT2D eigenvalue weighted by atomic mass is 127. The van der Waals surface area contributed by atoms with Gasteiger partial charge in [0, 0.05) is 18.7 Å². The second kappa shape index (κ2) is 14.2. The molecule has 3 N–H and O–H groups in total. The van der Waals surface area contributed by atoms with Crippen LogP contribution in [-0.4, -0.2) is 44.0 Å². The molecule has 0 saturated heterocycles. The zero-order valence-electron chi connectivity index (χ0n) is 17.3. The summed E-state index contributed by atoms with van der Waals surface area (Å²) in [5, 5.41) is 16.5. The summed E-state index contributed by atoms with van der Waals surface area (Å²) in [7, 11) is 0. The number of aliphatic hydroxyl groups excluding tert-OH is 1. The molecule has 0 aliphatic heterocycles. The van der Waals surface area contributed by atoms with Gasteiger partial charge in [-0.3, -0.25) is 0 Å². The Hall–Kier alpha value is -1.78. The molecule has 1 atom stereocenters. The Balaban J connectivity index is 0.00000420. The normalized spacial score (nSPS) is 12.2. The third kappa shape index (κ3) is 9.05. The summed E-state index contributed by atoms with van der Waals surface area (Å²) in [4.78, 5) is 4.61. The van der Waals surface area contributed by atoms with Crippen LogP contribution in [0.3, 0.4) is 0 Å². The summed E-state index contributed by atoms with van der Waals surface area (Å²) in [6.07, 6.45) is 0.804. The van der Waals surface area contributed by atoms with Gasteiger partial charge in [0.2, 0.25) is 0 Å². The zero-order valence-corrected chi connectivity index (χ0v) is 19.6. The van der Waals surface area contributed by atoms with Crippen molar-refractivity contribution < 1.29 is 19.0 Å². The highest BCUT2D eigenvalue weighted by Crippen LogP contribution is 2.21. The van der Waals surface area contributed by atoms with Crippen LogP contribution in [0.1, 0.15) is 36.8 Å².